The zero-order valence-electron chi connectivity index (χ0n) is 16.7. The van der Waals surface area contributed by atoms with Crippen LogP contribution in [0.3, 0.4) is 0 Å². The number of aromatic amines is 1. The van der Waals surface area contributed by atoms with Crippen LogP contribution in [0.15, 0.2) is 26.2 Å². The summed E-state index contributed by atoms with van der Waals surface area (Å²) in [4.78, 5) is 39.9. The van der Waals surface area contributed by atoms with Gasteiger partial charge in [-0.15, -0.1) is 22.7 Å². The number of hydrogen-bond acceptors (Lipinski definition) is 7. The number of aryl methyl sites for hydroxylation is 2. The minimum Gasteiger partial charge on any atom is -0.301 e. The average molecular weight is 447 g/mol. The summed E-state index contributed by atoms with van der Waals surface area (Å²) in [6.45, 7) is 8.33. The van der Waals surface area contributed by atoms with Crippen molar-refractivity contribution < 1.29 is 0 Å². The quantitative estimate of drug-likeness (QED) is 0.347. The van der Waals surface area contributed by atoms with E-state index in [0.717, 1.165) is 39.2 Å². The second-order valence-corrected chi connectivity index (χ2v) is 10.3. The van der Waals surface area contributed by atoms with Gasteiger partial charge in [0.25, 0.3) is 11.1 Å². The molecule has 0 saturated heterocycles. The van der Waals surface area contributed by atoms with Crippen LogP contribution in [0.1, 0.15) is 42.1 Å². The van der Waals surface area contributed by atoms with Gasteiger partial charge in [0.05, 0.1) is 11.1 Å². The van der Waals surface area contributed by atoms with Gasteiger partial charge in [-0.3, -0.25) is 14.0 Å². The molecule has 9 heteroatoms. The van der Waals surface area contributed by atoms with Crippen molar-refractivity contribution in [1.29, 1.82) is 0 Å². The molecule has 152 valence electrons. The molecule has 0 radical (unpaired) electrons. The van der Waals surface area contributed by atoms with Gasteiger partial charge in [0.15, 0.2) is 10.1 Å². The van der Waals surface area contributed by atoms with Crippen molar-refractivity contribution in [1.82, 2.24) is 19.4 Å². The van der Waals surface area contributed by atoms with Crippen LogP contribution in [-0.4, -0.2) is 19.4 Å². The third kappa shape index (κ3) is 3.91. The number of thiazole rings is 1. The SMILES string of the molecule is CC[C@H](C)Cc1c(C)sc2nc(SCc3cc(=O)n4c(C)csc4n3)[nH]c(=O)c12. The molecule has 29 heavy (non-hydrogen) atoms. The number of fused-ring (bicyclic) bond motifs is 2. The lowest BCUT2D eigenvalue weighted by molar-refractivity contribution is 0.561. The number of rotatable bonds is 6. The number of H-pyrrole nitrogens is 1. The first kappa shape index (κ1) is 20.3. The highest BCUT2D eigenvalue weighted by Crippen LogP contribution is 2.31. The third-order valence-corrected chi connectivity index (χ3v) is 7.97. The maximum absolute atomic E-state index is 12.8. The van der Waals surface area contributed by atoms with Gasteiger partial charge in [-0.25, -0.2) is 9.97 Å². The predicted molar refractivity (Wildman–Crippen MR) is 122 cm³/mol. The number of hydrogen-bond donors (Lipinski definition) is 1. The molecule has 0 aliphatic carbocycles. The monoisotopic (exact) mass is 446 g/mol. The predicted octanol–water partition coefficient (Wildman–Crippen LogP) is 4.55. The van der Waals surface area contributed by atoms with Gasteiger partial charge in [-0.1, -0.05) is 32.0 Å². The zero-order chi connectivity index (χ0) is 20.7. The summed E-state index contributed by atoms with van der Waals surface area (Å²) in [6.07, 6.45) is 1.98. The Morgan fingerprint density at radius 3 is 2.83 bits per heavy atom. The Balaban J connectivity index is 1.62. The number of nitrogens with zero attached hydrogens (tertiary/aromatic N) is 3. The van der Waals surface area contributed by atoms with E-state index in [1.54, 1.807) is 21.8 Å². The molecule has 0 aliphatic rings. The Kier molecular flexibility index (Phi) is 5.63. The van der Waals surface area contributed by atoms with Crippen molar-refractivity contribution in [3.63, 3.8) is 0 Å². The summed E-state index contributed by atoms with van der Waals surface area (Å²) in [7, 11) is 0. The molecular weight excluding hydrogens is 424 g/mol. The standard InChI is InChI=1S/C20H22N4O2S3/c1-5-10(2)6-14-12(4)29-18-16(14)17(26)22-19(23-18)27-9-13-7-15(25)24-11(3)8-28-20(24)21-13/h7-8,10H,5-6,9H2,1-4H3,(H,22,23,26)/t10-/m0/s1. The van der Waals surface area contributed by atoms with Crippen LogP contribution >= 0.6 is 34.4 Å². The van der Waals surface area contributed by atoms with Gasteiger partial charge < -0.3 is 4.98 Å². The first-order chi connectivity index (χ1) is 13.9. The van der Waals surface area contributed by atoms with Crippen LogP contribution in [-0.2, 0) is 12.2 Å². The number of nitrogens with one attached hydrogen (secondary N) is 1. The highest BCUT2D eigenvalue weighted by molar-refractivity contribution is 7.98. The van der Waals surface area contributed by atoms with Crippen molar-refractivity contribution in [3.8, 4) is 0 Å². The number of aromatic nitrogens is 4. The molecule has 0 aliphatic heterocycles. The fraction of sp³-hybridized carbons (Fsp3) is 0.400. The van der Waals surface area contributed by atoms with E-state index in [-0.39, 0.29) is 11.1 Å². The van der Waals surface area contributed by atoms with E-state index >= 15 is 0 Å². The summed E-state index contributed by atoms with van der Waals surface area (Å²) in [5.74, 6) is 1.00. The zero-order valence-corrected chi connectivity index (χ0v) is 19.2. The van der Waals surface area contributed by atoms with Crippen LogP contribution in [0.2, 0.25) is 0 Å². The van der Waals surface area contributed by atoms with E-state index in [4.69, 9.17) is 0 Å². The molecule has 4 aromatic heterocycles. The van der Waals surface area contributed by atoms with E-state index < -0.39 is 0 Å². The largest absolute Gasteiger partial charge is 0.301 e. The molecule has 0 unspecified atom stereocenters. The summed E-state index contributed by atoms with van der Waals surface area (Å²) >= 11 is 4.42. The lowest BCUT2D eigenvalue weighted by Crippen LogP contribution is -2.15. The van der Waals surface area contributed by atoms with Crippen LogP contribution in [0.4, 0.5) is 0 Å². The normalized spacial score (nSPS) is 12.8. The Morgan fingerprint density at radius 1 is 1.28 bits per heavy atom. The first-order valence-corrected chi connectivity index (χ1v) is 12.2. The summed E-state index contributed by atoms with van der Waals surface area (Å²) in [6, 6.07) is 1.55. The Bertz CT molecular complexity index is 1320. The van der Waals surface area contributed by atoms with Gasteiger partial charge >= 0.3 is 0 Å². The van der Waals surface area contributed by atoms with Gasteiger partial charge in [0.1, 0.15) is 4.83 Å². The molecule has 1 N–H and O–H groups in total. The molecule has 4 rings (SSSR count). The highest BCUT2D eigenvalue weighted by atomic mass is 32.2. The number of thioether (sulfide) groups is 1. The van der Waals surface area contributed by atoms with Crippen LogP contribution in [0.5, 0.6) is 0 Å². The number of thiophene rings is 1. The molecule has 0 spiro atoms. The molecule has 0 fully saturated rings. The van der Waals surface area contributed by atoms with Crippen LogP contribution in [0, 0.1) is 19.8 Å². The van der Waals surface area contributed by atoms with E-state index in [0.29, 0.717) is 27.5 Å². The summed E-state index contributed by atoms with van der Waals surface area (Å²) in [5, 5.41) is 3.20. The van der Waals surface area contributed by atoms with E-state index in [9.17, 15) is 9.59 Å². The molecule has 4 heterocycles. The fourth-order valence-electron chi connectivity index (χ4n) is 3.28. The third-order valence-electron chi connectivity index (χ3n) is 5.08. The lowest BCUT2D eigenvalue weighted by atomic mass is 9.98. The maximum Gasteiger partial charge on any atom is 0.260 e. The Labute approximate surface area is 180 Å². The fourth-order valence-corrected chi connectivity index (χ4v) is 6.03. The summed E-state index contributed by atoms with van der Waals surface area (Å²) in [5.41, 5.74) is 2.53. The molecule has 4 aromatic rings. The Hall–Kier alpha value is -1.97. The topological polar surface area (TPSA) is 80.1 Å². The van der Waals surface area contributed by atoms with Crippen molar-refractivity contribution in [2.24, 2.45) is 5.92 Å². The first-order valence-electron chi connectivity index (χ1n) is 9.49. The van der Waals surface area contributed by atoms with E-state index in [2.05, 4.69) is 35.7 Å². The molecule has 0 saturated carbocycles. The minimum atomic E-state index is -0.0856. The molecule has 6 nitrogen and oxygen atoms in total. The van der Waals surface area contributed by atoms with Gasteiger partial charge in [0, 0.05) is 27.8 Å². The molecule has 0 amide bonds. The van der Waals surface area contributed by atoms with Crippen LogP contribution in [0.25, 0.3) is 15.2 Å². The maximum atomic E-state index is 12.8. The lowest BCUT2D eigenvalue weighted by Gasteiger charge is -2.08. The Morgan fingerprint density at radius 2 is 2.07 bits per heavy atom. The molecule has 1 atom stereocenters. The van der Waals surface area contributed by atoms with Crippen molar-refractivity contribution in [3.05, 3.63) is 54.0 Å². The molecule has 0 bridgehead atoms. The van der Waals surface area contributed by atoms with Gasteiger partial charge in [0.2, 0.25) is 0 Å². The van der Waals surface area contributed by atoms with E-state index in [1.807, 2.05) is 12.3 Å². The summed E-state index contributed by atoms with van der Waals surface area (Å²) < 4.78 is 1.61. The molecule has 0 aromatic carbocycles. The van der Waals surface area contributed by atoms with Crippen molar-refractivity contribution >= 4 is 49.6 Å². The van der Waals surface area contributed by atoms with Gasteiger partial charge in [-0.05, 0) is 31.7 Å². The highest BCUT2D eigenvalue weighted by Gasteiger charge is 2.17. The molecular formula is C20H22N4O2S3. The average Bonchev–Trinajstić information content (AvgIpc) is 3.20. The van der Waals surface area contributed by atoms with Crippen LogP contribution < -0.4 is 11.1 Å². The van der Waals surface area contributed by atoms with Gasteiger partial charge in [-0.2, -0.15) is 0 Å². The van der Waals surface area contributed by atoms with E-state index in [1.165, 1.54) is 23.1 Å². The second kappa shape index (κ2) is 8.04. The minimum absolute atomic E-state index is 0.0789. The van der Waals surface area contributed by atoms with Crippen molar-refractivity contribution in [2.45, 2.75) is 51.4 Å². The second-order valence-electron chi connectivity index (χ2n) is 7.28. The van der Waals surface area contributed by atoms with Crippen molar-refractivity contribution in [2.75, 3.05) is 0 Å². The smallest absolute Gasteiger partial charge is 0.260 e.